The number of sulfonamides is 1. The van der Waals surface area contributed by atoms with E-state index in [4.69, 9.17) is 4.52 Å². The van der Waals surface area contributed by atoms with Crippen LogP contribution >= 0.6 is 11.3 Å². The van der Waals surface area contributed by atoms with Crippen molar-refractivity contribution in [3.63, 3.8) is 0 Å². The lowest BCUT2D eigenvalue weighted by Gasteiger charge is -2.28. The number of hydrogen-bond acceptors (Lipinski definition) is 5. The third-order valence-corrected chi connectivity index (χ3v) is 6.50. The van der Waals surface area contributed by atoms with Crippen molar-refractivity contribution in [3.05, 3.63) is 41.9 Å². The molecule has 2 aromatic rings. The number of hydrogen-bond donors (Lipinski definition) is 0. The molecule has 0 aromatic carbocycles. The molecule has 0 fully saturated rings. The highest BCUT2D eigenvalue weighted by Gasteiger charge is 2.35. The van der Waals surface area contributed by atoms with E-state index in [-0.39, 0.29) is 13.1 Å². The summed E-state index contributed by atoms with van der Waals surface area (Å²) < 4.78 is 31.0. The Kier molecular flexibility index (Phi) is 4.89. The number of aromatic nitrogens is 1. The summed E-state index contributed by atoms with van der Waals surface area (Å²) in [5.74, 6) is 0.650. The maximum Gasteiger partial charge on any atom is 0.219 e. The molecule has 0 radical (unpaired) electrons. The van der Waals surface area contributed by atoms with Crippen molar-refractivity contribution in [2.24, 2.45) is 0 Å². The molecule has 0 unspecified atom stereocenters. The van der Waals surface area contributed by atoms with E-state index in [1.54, 1.807) is 44.3 Å². The SMILES string of the molecule is C=CCN(Cc1cc(-c2cccs2)on1)S(=O)(=O)C(C)(C)C. The van der Waals surface area contributed by atoms with Gasteiger partial charge in [0.2, 0.25) is 10.0 Å². The predicted molar refractivity (Wildman–Crippen MR) is 89.1 cm³/mol. The second-order valence-corrected chi connectivity index (χ2v) is 9.50. The van der Waals surface area contributed by atoms with Gasteiger partial charge in [-0.15, -0.1) is 17.9 Å². The minimum Gasteiger partial charge on any atom is -0.355 e. The monoisotopic (exact) mass is 340 g/mol. The Morgan fingerprint density at radius 2 is 2.18 bits per heavy atom. The molecule has 0 N–H and O–H groups in total. The summed E-state index contributed by atoms with van der Waals surface area (Å²) in [5.41, 5.74) is 0.582. The highest BCUT2D eigenvalue weighted by molar-refractivity contribution is 7.90. The first-order valence-electron chi connectivity index (χ1n) is 6.86. The van der Waals surface area contributed by atoms with Crippen LogP contribution in [0.3, 0.4) is 0 Å². The molecule has 2 heterocycles. The molecular weight excluding hydrogens is 320 g/mol. The third kappa shape index (κ3) is 3.48. The molecule has 2 aromatic heterocycles. The number of nitrogens with zero attached hydrogens (tertiary/aromatic N) is 2. The van der Waals surface area contributed by atoms with E-state index >= 15 is 0 Å². The summed E-state index contributed by atoms with van der Waals surface area (Å²) in [6, 6.07) is 5.64. The standard InChI is InChI=1S/C15H20N2O3S2/c1-5-8-17(22(18,19)15(2,3)4)11-12-10-13(20-16-12)14-7-6-9-21-14/h5-7,9-10H,1,8,11H2,2-4H3. The molecule has 0 aliphatic carbocycles. The van der Waals surface area contributed by atoms with Gasteiger partial charge >= 0.3 is 0 Å². The van der Waals surface area contributed by atoms with Crippen LogP contribution in [-0.2, 0) is 16.6 Å². The summed E-state index contributed by atoms with van der Waals surface area (Å²) in [6.07, 6.45) is 1.57. The highest BCUT2D eigenvalue weighted by atomic mass is 32.2. The van der Waals surface area contributed by atoms with Crippen molar-refractivity contribution in [1.82, 2.24) is 9.46 Å². The van der Waals surface area contributed by atoms with Gasteiger partial charge in [-0.2, -0.15) is 4.31 Å². The van der Waals surface area contributed by atoms with E-state index in [0.29, 0.717) is 11.5 Å². The molecule has 0 saturated heterocycles. The van der Waals surface area contributed by atoms with Gasteiger partial charge in [-0.1, -0.05) is 17.3 Å². The van der Waals surface area contributed by atoms with Crippen LogP contribution in [0.2, 0.25) is 0 Å². The molecule has 120 valence electrons. The van der Waals surface area contributed by atoms with E-state index in [1.807, 2.05) is 17.5 Å². The quantitative estimate of drug-likeness (QED) is 0.755. The zero-order valence-electron chi connectivity index (χ0n) is 12.9. The molecule has 22 heavy (non-hydrogen) atoms. The molecule has 2 rings (SSSR count). The van der Waals surface area contributed by atoms with Gasteiger partial charge < -0.3 is 4.52 Å². The van der Waals surface area contributed by atoms with Crippen molar-refractivity contribution in [3.8, 4) is 10.6 Å². The Balaban J connectivity index is 2.24. The van der Waals surface area contributed by atoms with Crippen LogP contribution in [0, 0.1) is 0 Å². The first kappa shape index (κ1) is 16.9. The Bertz CT molecular complexity index is 725. The van der Waals surface area contributed by atoms with Crippen LogP contribution in [0.5, 0.6) is 0 Å². The normalized spacial score (nSPS) is 12.7. The summed E-state index contributed by atoms with van der Waals surface area (Å²) in [6.45, 7) is 9.08. The lowest BCUT2D eigenvalue weighted by atomic mass is 10.3. The zero-order valence-corrected chi connectivity index (χ0v) is 14.6. The Morgan fingerprint density at radius 1 is 1.45 bits per heavy atom. The summed E-state index contributed by atoms with van der Waals surface area (Å²) in [7, 11) is -3.46. The molecule has 0 atom stereocenters. The molecule has 0 amide bonds. The van der Waals surface area contributed by atoms with E-state index < -0.39 is 14.8 Å². The lowest BCUT2D eigenvalue weighted by Crippen LogP contribution is -2.42. The van der Waals surface area contributed by atoms with Crippen LogP contribution in [0.25, 0.3) is 10.6 Å². The minimum absolute atomic E-state index is 0.167. The molecule has 0 aliphatic rings. The first-order valence-corrected chi connectivity index (χ1v) is 9.18. The van der Waals surface area contributed by atoms with Crippen LogP contribution in [0.15, 0.2) is 40.8 Å². The largest absolute Gasteiger partial charge is 0.355 e. The van der Waals surface area contributed by atoms with Gasteiger partial charge in [0.1, 0.15) is 0 Å². The number of rotatable bonds is 6. The van der Waals surface area contributed by atoms with Crippen LogP contribution in [0.1, 0.15) is 26.5 Å². The van der Waals surface area contributed by atoms with Gasteiger partial charge in [-0.05, 0) is 32.2 Å². The van der Waals surface area contributed by atoms with E-state index in [1.165, 1.54) is 4.31 Å². The summed E-state index contributed by atoms with van der Waals surface area (Å²) in [5, 5.41) is 5.93. The van der Waals surface area contributed by atoms with Crippen molar-refractivity contribution in [2.45, 2.75) is 32.1 Å². The van der Waals surface area contributed by atoms with E-state index in [0.717, 1.165) is 4.88 Å². The van der Waals surface area contributed by atoms with Crippen LogP contribution < -0.4 is 0 Å². The first-order chi connectivity index (χ1) is 10.3. The van der Waals surface area contributed by atoms with E-state index in [9.17, 15) is 8.42 Å². The van der Waals surface area contributed by atoms with Gasteiger partial charge in [-0.25, -0.2) is 8.42 Å². The van der Waals surface area contributed by atoms with Crippen molar-refractivity contribution in [1.29, 1.82) is 0 Å². The molecule has 0 saturated carbocycles. The molecule has 0 aliphatic heterocycles. The lowest BCUT2D eigenvalue weighted by molar-refractivity contribution is 0.384. The fraction of sp³-hybridized carbons (Fsp3) is 0.400. The smallest absolute Gasteiger partial charge is 0.219 e. The number of thiophene rings is 1. The van der Waals surface area contributed by atoms with Gasteiger partial charge in [0.05, 0.1) is 21.9 Å². The van der Waals surface area contributed by atoms with Crippen molar-refractivity contribution in [2.75, 3.05) is 6.54 Å². The van der Waals surface area contributed by atoms with Gasteiger partial charge in [0.25, 0.3) is 0 Å². The Hall–Kier alpha value is -1.44. The maximum atomic E-state index is 12.6. The highest BCUT2D eigenvalue weighted by Crippen LogP contribution is 2.27. The minimum atomic E-state index is -3.46. The fourth-order valence-corrected chi connectivity index (χ4v) is 3.93. The second kappa shape index (κ2) is 6.36. The predicted octanol–water partition coefficient (Wildman–Crippen LogP) is 3.52. The summed E-state index contributed by atoms with van der Waals surface area (Å²) >= 11 is 1.55. The maximum absolute atomic E-state index is 12.6. The average Bonchev–Trinajstić information content (AvgIpc) is 3.07. The van der Waals surface area contributed by atoms with Crippen molar-refractivity contribution >= 4 is 21.4 Å². The average molecular weight is 340 g/mol. The molecule has 0 spiro atoms. The summed E-state index contributed by atoms with van der Waals surface area (Å²) in [4.78, 5) is 0.965. The zero-order chi connectivity index (χ0) is 16.4. The molecular formula is C15H20N2O3S2. The van der Waals surface area contributed by atoms with Crippen LogP contribution in [-0.4, -0.2) is 29.2 Å². The fourth-order valence-electron chi connectivity index (χ4n) is 1.88. The molecule has 5 nitrogen and oxygen atoms in total. The second-order valence-electron chi connectivity index (χ2n) is 5.86. The molecule has 7 heteroatoms. The van der Waals surface area contributed by atoms with E-state index in [2.05, 4.69) is 11.7 Å². The Labute approximate surface area is 135 Å². The van der Waals surface area contributed by atoms with Gasteiger partial charge in [-0.3, -0.25) is 0 Å². The van der Waals surface area contributed by atoms with Crippen molar-refractivity contribution < 1.29 is 12.9 Å². The van der Waals surface area contributed by atoms with Gasteiger partial charge in [0.15, 0.2) is 5.76 Å². The van der Waals surface area contributed by atoms with Crippen LogP contribution in [0.4, 0.5) is 0 Å². The third-order valence-electron chi connectivity index (χ3n) is 3.11. The topological polar surface area (TPSA) is 63.4 Å². The van der Waals surface area contributed by atoms with Gasteiger partial charge in [0, 0.05) is 12.6 Å². The molecule has 0 bridgehead atoms. The Morgan fingerprint density at radius 3 is 2.73 bits per heavy atom.